The van der Waals surface area contributed by atoms with Crippen molar-refractivity contribution in [2.75, 3.05) is 4.90 Å². The predicted octanol–water partition coefficient (Wildman–Crippen LogP) is 11.6. The van der Waals surface area contributed by atoms with Crippen LogP contribution in [0.15, 0.2) is 76.6 Å². The molecule has 1 aliphatic heterocycles. The van der Waals surface area contributed by atoms with Crippen LogP contribution in [-0.4, -0.2) is 11.1 Å². The van der Waals surface area contributed by atoms with Crippen molar-refractivity contribution in [3.05, 3.63) is 124 Å². The van der Waals surface area contributed by atoms with E-state index in [-0.39, 0.29) is 22.6 Å². The third-order valence-electron chi connectivity index (χ3n) is 6.31. The SMILES string of the molecule is Cc1ccc(N=C2S/C(=C/c3cc(Cl)c(OCc4ccc(Cl)cc4Cl)c(Cl)c3)C(=O)N2c2ccc(C)c(Cl)c2)cc1Cl. The number of rotatable bonds is 6. The van der Waals surface area contributed by atoms with Gasteiger partial charge in [0.05, 0.1) is 26.3 Å². The number of aliphatic imine (C=N–C) groups is 1. The monoisotopic (exact) mass is 694 g/mol. The summed E-state index contributed by atoms with van der Waals surface area (Å²) in [6, 6.07) is 19.4. The van der Waals surface area contributed by atoms with Crippen LogP contribution in [0.1, 0.15) is 22.3 Å². The van der Waals surface area contributed by atoms with Gasteiger partial charge in [-0.15, -0.1) is 0 Å². The number of anilines is 1. The molecule has 42 heavy (non-hydrogen) atoms. The minimum absolute atomic E-state index is 0.140. The summed E-state index contributed by atoms with van der Waals surface area (Å²) in [5.74, 6) is 0.0214. The lowest BCUT2D eigenvalue weighted by Crippen LogP contribution is -2.28. The second-order valence-corrected chi connectivity index (χ2v) is 12.8. The first-order chi connectivity index (χ1) is 20.0. The van der Waals surface area contributed by atoms with Crippen LogP contribution in [0.5, 0.6) is 5.75 Å². The first kappa shape index (κ1) is 31.1. The number of halogens is 6. The third-order valence-corrected chi connectivity index (χ3v) is 9.24. The fourth-order valence-corrected chi connectivity index (χ4v) is 6.43. The number of carbonyl (C=O) groups excluding carboxylic acids is 1. The zero-order chi connectivity index (χ0) is 30.1. The van der Waals surface area contributed by atoms with Crippen LogP contribution >= 0.6 is 81.4 Å². The van der Waals surface area contributed by atoms with E-state index in [4.69, 9.17) is 79.3 Å². The van der Waals surface area contributed by atoms with Crippen LogP contribution in [0.25, 0.3) is 6.08 Å². The molecule has 1 aliphatic rings. The highest BCUT2D eigenvalue weighted by molar-refractivity contribution is 8.19. The molecule has 1 heterocycles. The van der Waals surface area contributed by atoms with Gasteiger partial charge in [0.1, 0.15) is 6.61 Å². The van der Waals surface area contributed by atoms with Gasteiger partial charge in [0, 0.05) is 25.7 Å². The summed E-state index contributed by atoms with van der Waals surface area (Å²) in [5.41, 5.74) is 4.35. The van der Waals surface area contributed by atoms with Gasteiger partial charge in [-0.25, -0.2) is 4.99 Å². The standard InChI is InChI=1S/C31H20Cl6N2O2S/c1-16-3-7-21(13-23(16)33)38-31-39(22-8-4-17(2)24(34)14-22)30(40)28(42-31)11-18-9-26(36)29(27(37)10-18)41-15-19-5-6-20(32)12-25(19)35/h3-14H,15H2,1-2H3/b28-11+,38-31?. The summed E-state index contributed by atoms with van der Waals surface area (Å²) in [5, 5.41) is 3.11. The zero-order valence-electron chi connectivity index (χ0n) is 22.0. The summed E-state index contributed by atoms with van der Waals surface area (Å²) >= 11 is 39.3. The smallest absolute Gasteiger partial charge is 0.271 e. The molecule has 4 nitrogen and oxygen atoms in total. The molecule has 0 atom stereocenters. The van der Waals surface area contributed by atoms with E-state index >= 15 is 0 Å². The van der Waals surface area contributed by atoms with Crippen LogP contribution in [0.4, 0.5) is 11.4 Å². The van der Waals surface area contributed by atoms with Crippen molar-refractivity contribution in [1.29, 1.82) is 0 Å². The van der Waals surface area contributed by atoms with E-state index in [9.17, 15) is 4.79 Å². The fourth-order valence-electron chi connectivity index (χ4n) is 4.00. The fraction of sp³-hybridized carbons (Fsp3) is 0.0968. The molecule has 1 fully saturated rings. The Morgan fingerprint density at radius 2 is 1.45 bits per heavy atom. The highest BCUT2D eigenvalue weighted by Crippen LogP contribution is 2.41. The number of hydrogen-bond acceptors (Lipinski definition) is 4. The van der Waals surface area contributed by atoms with Crippen molar-refractivity contribution in [3.8, 4) is 5.75 Å². The van der Waals surface area contributed by atoms with Crippen LogP contribution in [-0.2, 0) is 11.4 Å². The molecule has 0 aliphatic carbocycles. The molecule has 1 amide bonds. The zero-order valence-corrected chi connectivity index (χ0v) is 27.4. The van der Waals surface area contributed by atoms with Crippen LogP contribution in [0, 0.1) is 13.8 Å². The Bertz CT molecular complexity index is 1770. The maximum Gasteiger partial charge on any atom is 0.271 e. The maximum absolute atomic E-state index is 13.8. The van der Waals surface area contributed by atoms with Gasteiger partial charge in [0.25, 0.3) is 5.91 Å². The molecule has 0 spiro atoms. The quantitative estimate of drug-likeness (QED) is 0.188. The third kappa shape index (κ3) is 6.89. The topological polar surface area (TPSA) is 41.9 Å². The lowest BCUT2D eigenvalue weighted by atomic mass is 10.2. The number of benzene rings is 4. The van der Waals surface area contributed by atoms with E-state index in [1.54, 1.807) is 48.5 Å². The van der Waals surface area contributed by atoms with Crippen molar-refractivity contribution in [1.82, 2.24) is 0 Å². The van der Waals surface area contributed by atoms with Crippen molar-refractivity contribution in [2.45, 2.75) is 20.5 Å². The number of hydrogen-bond donors (Lipinski definition) is 0. The highest BCUT2D eigenvalue weighted by Gasteiger charge is 2.35. The minimum Gasteiger partial charge on any atom is -0.486 e. The highest BCUT2D eigenvalue weighted by atomic mass is 35.5. The van der Waals surface area contributed by atoms with Crippen LogP contribution in [0.2, 0.25) is 30.1 Å². The maximum atomic E-state index is 13.8. The molecule has 11 heteroatoms. The number of amidine groups is 1. The summed E-state index contributed by atoms with van der Waals surface area (Å²) in [4.78, 5) is 20.4. The predicted molar refractivity (Wildman–Crippen MR) is 180 cm³/mol. The lowest BCUT2D eigenvalue weighted by molar-refractivity contribution is -0.113. The van der Waals surface area contributed by atoms with Crippen molar-refractivity contribution >= 4 is 110 Å². The van der Waals surface area contributed by atoms with Crippen molar-refractivity contribution < 1.29 is 9.53 Å². The van der Waals surface area contributed by atoms with Crippen LogP contribution < -0.4 is 9.64 Å². The number of amides is 1. The summed E-state index contributed by atoms with van der Waals surface area (Å²) in [6.45, 7) is 3.95. The van der Waals surface area contributed by atoms with Crippen molar-refractivity contribution in [3.63, 3.8) is 0 Å². The molecule has 0 radical (unpaired) electrons. The van der Waals surface area contributed by atoms with Gasteiger partial charge in [-0.05, 0) is 96.9 Å². The van der Waals surface area contributed by atoms with Gasteiger partial charge in [0.15, 0.2) is 10.9 Å². The largest absolute Gasteiger partial charge is 0.486 e. The van der Waals surface area contributed by atoms with E-state index < -0.39 is 0 Å². The Balaban J connectivity index is 1.47. The van der Waals surface area contributed by atoms with E-state index in [2.05, 4.69) is 0 Å². The molecule has 0 aromatic heterocycles. The van der Waals surface area contributed by atoms with E-state index in [1.807, 2.05) is 38.1 Å². The Hall–Kier alpha value is -2.35. The Morgan fingerprint density at radius 1 is 0.786 bits per heavy atom. The Morgan fingerprint density at radius 3 is 2.10 bits per heavy atom. The molecule has 1 saturated heterocycles. The molecular formula is C31H20Cl6N2O2S. The summed E-state index contributed by atoms with van der Waals surface area (Å²) in [6.07, 6.45) is 1.71. The second kappa shape index (κ2) is 13.1. The van der Waals surface area contributed by atoms with Gasteiger partial charge in [-0.1, -0.05) is 87.8 Å². The molecule has 4 aromatic carbocycles. The molecule has 0 N–H and O–H groups in total. The number of thioether (sulfide) groups is 1. The van der Waals surface area contributed by atoms with E-state index in [0.29, 0.717) is 52.9 Å². The average Bonchev–Trinajstić information content (AvgIpc) is 3.22. The second-order valence-electron chi connectivity index (χ2n) is 9.35. The number of aryl methyl sites for hydroxylation is 2. The van der Waals surface area contributed by atoms with Gasteiger partial charge in [-0.3, -0.25) is 9.69 Å². The Labute approximate surface area is 277 Å². The Kier molecular flexibility index (Phi) is 9.70. The molecular weight excluding hydrogens is 677 g/mol. The van der Waals surface area contributed by atoms with Gasteiger partial charge in [-0.2, -0.15) is 0 Å². The van der Waals surface area contributed by atoms with Gasteiger partial charge < -0.3 is 4.74 Å². The molecule has 5 rings (SSSR count). The van der Waals surface area contributed by atoms with Crippen molar-refractivity contribution in [2.24, 2.45) is 4.99 Å². The number of nitrogens with zero attached hydrogens (tertiary/aromatic N) is 2. The van der Waals surface area contributed by atoms with E-state index in [1.165, 1.54) is 16.7 Å². The number of carbonyl (C=O) groups is 1. The minimum atomic E-state index is -0.276. The van der Waals surface area contributed by atoms with Gasteiger partial charge in [0.2, 0.25) is 0 Å². The van der Waals surface area contributed by atoms with Crippen LogP contribution in [0.3, 0.4) is 0 Å². The van der Waals surface area contributed by atoms with E-state index in [0.717, 1.165) is 16.7 Å². The summed E-state index contributed by atoms with van der Waals surface area (Å²) in [7, 11) is 0. The molecule has 0 unspecified atom stereocenters. The molecule has 0 saturated carbocycles. The molecule has 214 valence electrons. The first-order valence-corrected chi connectivity index (χ1v) is 15.5. The van der Waals surface area contributed by atoms with Gasteiger partial charge >= 0.3 is 0 Å². The first-order valence-electron chi connectivity index (χ1n) is 12.4. The summed E-state index contributed by atoms with van der Waals surface area (Å²) < 4.78 is 5.88. The normalized spacial score (nSPS) is 15.2. The number of ether oxygens (including phenoxy) is 1. The lowest BCUT2D eigenvalue weighted by Gasteiger charge is -2.16. The molecule has 0 bridgehead atoms. The average molecular weight is 697 g/mol. The molecule has 4 aromatic rings.